The highest BCUT2D eigenvalue weighted by molar-refractivity contribution is 6.01. The molecule has 1 atom stereocenters. The summed E-state index contributed by atoms with van der Waals surface area (Å²) in [5.74, 6) is 0.787. The Hall–Kier alpha value is -2.82. The summed E-state index contributed by atoms with van der Waals surface area (Å²) in [7, 11) is 1.51. The van der Waals surface area contributed by atoms with Crippen LogP contribution in [0.1, 0.15) is 22.8 Å². The van der Waals surface area contributed by atoms with E-state index < -0.39 is 6.10 Å². The van der Waals surface area contributed by atoms with Crippen LogP contribution in [0.3, 0.4) is 0 Å². The smallest absolute Gasteiger partial charge is 0.268 e. The first-order chi connectivity index (χ1) is 11.1. The number of hydrogen-bond acceptors (Lipinski definition) is 4. The molecule has 5 heteroatoms. The Morgan fingerprint density at radius 3 is 2.65 bits per heavy atom. The van der Waals surface area contributed by atoms with E-state index in [4.69, 9.17) is 9.47 Å². The number of fused-ring (bicyclic) bond motifs is 1. The third-order valence-electron chi connectivity index (χ3n) is 3.80. The molecule has 1 unspecified atom stereocenters. The minimum Gasteiger partial charge on any atom is -0.493 e. The van der Waals surface area contributed by atoms with Crippen LogP contribution in [-0.2, 0) is 11.3 Å². The molecule has 2 aromatic rings. The van der Waals surface area contributed by atoms with E-state index >= 15 is 0 Å². The van der Waals surface area contributed by atoms with Crippen LogP contribution in [0.5, 0.6) is 11.5 Å². The topological polar surface area (TPSA) is 55.8 Å². The average molecular weight is 311 g/mol. The molecule has 5 nitrogen and oxygen atoms in total. The normalized spacial score (nSPS) is 16.5. The molecular weight excluding hydrogens is 294 g/mol. The molecule has 0 spiro atoms. The second-order valence-corrected chi connectivity index (χ2v) is 5.36. The number of methoxy groups -OCH3 is 1. The van der Waals surface area contributed by atoms with E-state index in [0.717, 1.165) is 11.8 Å². The summed E-state index contributed by atoms with van der Waals surface area (Å²) in [4.78, 5) is 25.4. The molecule has 0 fully saturated rings. The molecule has 0 saturated carbocycles. The van der Waals surface area contributed by atoms with Gasteiger partial charge >= 0.3 is 0 Å². The van der Waals surface area contributed by atoms with Gasteiger partial charge in [-0.2, -0.15) is 0 Å². The van der Waals surface area contributed by atoms with E-state index in [0.29, 0.717) is 29.3 Å². The van der Waals surface area contributed by atoms with Gasteiger partial charge in [0.2, 0.25) is 0 Å². The average Bonchev–Trinajstić information content (AvgIpc) is 2.59. The highest BCUT2D eigenvalue weighted by Gasteiger charge is 2.34. The maximum atomic E-state index is 12.6. The number of benzene rings is 2. The van der Waals surface area contributed by atoms with Crippen LogP contribution in [0, 0.1) is 0 Å². The standard InChI is InChI=1S/C18H17NO4/c1-12-18(21)19(10-13-6-4-3-5-7-13)15-8-14(11-20)9-16(22-2)17(15)23-12/h3-9,11-12H,10H2,1-2H3. The Morgan fingerprint density at radius 1 is 1.26 bits per heavy atom. The molecule has 2 aromatic carbocycles. The minimum absolute atomic E-state index is 0.147. The van der Waals surface area contributed by atoms with E-state index in [9.17, 15) is 9.59 Å². The summed E-state index contributed by atoms with van der Waals surface area (Å²) < 4.78 is 11.0. The molecule has 1 aliphatic heterocycles. The molecule has 1 aliphatic rings. The molecule has 0 bridgehead atoms. The van der Waals surface area contributed by atoms with Gasteiger partial charge in [0.25, 0.3) is 5.91 Å². The van der Waals surface area contributed by atoms with Crippen molar-refractivity contribution in [3.8, 4) is 11.5 Å². The lowest BCUT2D eigenvalue weighted by atomic mass is 10.1. The van der Waals surface area contributed by atoms with Gasteiger partial charge in [0.1, 0.15) is 6.29 Å². The maximum Gasteiger partial charge on any atom is 0.268 e. The summed E-state index contributed by atoms with van der Waals surface area (Å²) in [5, 5.41) is 0. The van der Waals surface area contributed by atoms with Gasteiger partial charge in [0.05, 0.1) is 19.3 Å². The predicted octanol–water partition coefficient (Wildman–Crippen LogP) is 2.82. The van der Waals surface area contributed by atoms with Gasteiger partial charge in [-0.3, -0.25) is 9.59 Å². The highest BCUT2D eigenvalue weighted by Crippen LogP contribution is 2.43. The molecule has 3 rings (SSSR count). The summed E-state index contributed by atoms with van der Waals surface area (Å²) >= 11 is 0. The molecule has 1 amide bonds. The third kappa shape index (κ3) is 2.77. The number of ether oxygens (including phenoxy) is 2. The van der Waals surface area contributed by atoms with Crippen molar-refractivity contribution in [2.75, 3.05) is 12.0 Å². The Bertz CT molecular complexity index is 742. The van der Waals surface area contributed by atoms with Crippen LogP contribution >= 0.6 is 0 Å². The minimum atomic E-state index is -0.609. The number of carbonyl (C=O) groups is 2. The van der Waals surface area contributed by atoms with Crippen LogP contribution in [0.2, 0.25) is 0 Å². The molecule has 23 heavy (non-hydrogen) atoms. The number of anilines is 1. The quantitative estimate of drug-likeness (QED) is 0.815. The first-order valence-corrected chi connectivity index (χ1v) is 7.33. The Labute approximate surface area is 134 Å². The molecule has 0 aromatic heterocycles. The van der Waals surface area contributed by atoms with Crippen LogP contribution < -0.4 is 14.4 Å². The van der Waals surface area contributed by atoms with Gasteiger partial charge in [-0.05, 0) is 24.6 Å². The zero-order valence-corrected chi connectivity index (χ0v) is 13.0. The monoisotopic (exact) mass is 311 g/mol. The van der Waals surface area contributed by atoms with Gasteiger partial charge in [0, 0.05) is 5.56 Å². The Morgan fingerprint density at radius 2 is 2.00 bits per heavy atom. The molecule has 0 N–H and O–H groups in total. The third-order valence-corrected chi connectivity index (χ3v) is 3.80. The van der Waals surface area contributed by atoms with E-state index in [-0.39, 0.29) is 5.91 Å². The highest BCUT2D eigenvalue weighted by atomic mass is 16.5. The Kier molecular flexibility index (Phi) is 4.02. The molecule has 118 valence electrons. The van der Waals surface area contributed by atoms with Crippen molar-refractivity contribution in [3.05, 3.63) is 53.6 Å². The Balaban J connectivity index is 2.09. The fourth-order valence-electron chi connectivity index (χ4n) is 2.64. The van der Waals surface area contributed by atoms with E-state index in [1.807, 2.05) is 30.3 Å². The zero-order valence-electron chi connectivity index (χ0n) is 13.0. The lowest BCUT2D eigenvalue weighted by Gasteiger charge is -2.34. The van der Waals surface area contributed by atoms with Crippen molar-refractivity contribution in [1.29, 1.82) is 0 Å². The van der Waals surface area contributed by atoms with Crippen molar-refractivity contribution in [1.82, 2.24) is 0 Å². The van der Waals surface area contributed by atoms with Crippen LogP contribution in [0.25, 0.3) is 0 Å². The fourth-order valence-corrected chi connectivity index (χ4v) is 2.64. The largest absolute Gasteiger partial charge is 0.493 e. The lowest BCUT2D eigenvalue weighted by molar-refractivity contribution is -0.125. The molecule has 0 saturated heterocycles. The second-order valence-electron chi connectivity index (χ2n) is 5.36. The summed E-state index contributed by atoms with van der Waals surface area (Å²) in [5.41, 5.74) is 1.99. The van der Waals surface area contributed by atoms with Crippen molar-refractivity contribution in [3.63, 3.8) is 0 Å². The molecule has 0 aliphatic carbocycles. The zero-order chi connectivity index (χ0) is 16.4. The van der Waals surface area contributed by atoms with Gasteiger partial charge in [0.15, 0.2) is 17.6 Å². The summed E-state index contributed by atoms with van der Waals surface area (Å²) in [6, 6.07) is 12.9. The van der Waals surface area contributed by atoms with Crippen molar-refractivity contribution in [2.45, 2.75) is 19.6 Å². The van der Waals surface area contributed by atoms with Gasteiger partial charge in [-0.1, -0.05) is 30.3 Å². The van der Waals surface area contributed by atoms with E-state index in [1.54, 1.807) is 24.0 Å². The molecule has 1 heterocycles. The lowest BCUT2D eigenvalue weighted by Crippen LogP contribution is -2.44. The van der Waals surface area contributed by atoms with E-state index in [2.05, 4.69) is 0 Å². The van der Waals surface area contributed by atoms with Crippen molar-refractivity contribution in [2.24, 2.45) is 0 Å². The van der Waals surface area contributed by atoms with Crippen LogP contribution in [-0.4, -0.2) is 25.4 Å². The number of carbonyl (C=O) groups excluding carboxylic acids is 2. The number of amides is 1. The maximum absolute atomic E-state index is 12.6. The number of hydrogen-bond donors (Lipinski definition) is 0. The van der Waals surface area contributed by atoms with Crippen molar-refractivity contribution >= 4 is 17.9 Å². The molecular formula is C18H17NO4. The number of rotatable bonds is 4. The predicted molar refractivity (Wildman–Crippen MR) is 86.1 cm³/mol. The molecule has 0 radical (unpaired) electrons. The van der Waals surface area contributed by atoms with Gasteiger partial charge in [-0.25, -0.2) is 0 Å². The first-order valence-electron chi connectivity index (χ1n) is 7.33. The summed E-state index contributed by atoms with van der Waals surface area (Å²) in [6.45, 7) is 2.11. The van der Waals surface area contributed by atoms with Crippen LogP contribution in [0.4, 0.5) is 5.69 Å². The first kappa shape index (κ1) is 15.1. The van der Waals surface area contributed by atoms with Crippen molar-refractivity contribution < 1.29 is 19.1 Å². The van der Waals surface area contributed by atoms with Crippen LogP contribution in [0.15, 0.2) is 42.5 Å². The van der Waals surface area contributed by atoms with E-state index in [1.165, 1.54) is 7.11 Å². The second kappa shape index (κ2) is 6.12. The fraction of sp³-hybridized carbons (Fsp3) is 0.222. The number of nitrogens with zero attached hydrogens (tertiary/aromatic N) is 1. The number of aldehydes is 1. The SMILES string of the molecule is COc1cc(C=O)cc2c1OC(C)C(=O)N2Cc1ccccc1. The van der Waals surface area contributed by atoms with Gasteiger partial charge < -0.3 is 14.4 Å². The summed E-state index contributed by atoms with van der Waals surface area (Å²) in [6.07, 6.45) is 0.119. The van der Waals surface area contributed by atoms with Gasteiger partial charge in [-0.15, -0.1) is 0 Å².